The third kappa shape index (κ3) is 2.76. The SMILES string of the molecule is CC(C)N1CC=C[C@]23O[C@]4(C)C=CCN(C)C(=O)[C@@H]4[C@H]2C(=O)N(CCCO)C3C1=O. The quantitative estimate of drug-likeness (QED) is 0.659. The first-order chi connectivity index (χ1) is 14.2. The van der Waals surface area contributed by atoms with Gasteiger partial charge in [-0.3, -0.25) is 14.4 Å². The summed E-state index contributed by atoms with van der Waals surface area (Å²) in [6, 6.07) is -0.890. The number of carbonyl (C=O) groups is 3. The third-order valence-electron chi connectivity index (χ3n) is 6.97. The zero-order valence-corrected chi connectivity index (χ0v) is 18.1. The van der Waals surface area contributed by atoms with Crippen molar-refractivity contribution in [3.63, 3.8) is 0 Å². The molecule has 4 heterocycles. The number of hydrogen-bond donors (Lipinski definition) is 1. The van der Waals surface area contributed by atoms with E-state index in [1.54, 1.807) is 16.8 Å². The fourth-order valence-electron chi connectivity index (χ4n) is 5.61. The molecule has 0 aromatic heterocycles. The van der Waals surface area contributed by atoms with Gasteiger partial charge >= 0.3 is 0 Å². The van der Waals surface area contributed by atoms with Gasteiger partial charge in [-0.2, -0.15) is 0 Å². The van der Waals surface area contributed by atoms with Gasteiger partial charge in [0.15, 0.2) is 0 Å². The maximum absolute atomic E-state index is 13.7. The lowest BCUT2D eigenvalue weighted by Crippen LogP contribution is -2.57. The summed E-state index contributed by atoms with van der Waals surface area (Å²) in [5.41, 5.74) is -2.17. The highest BCUT2D eigenvalue weighted by Gasteiger charge is 2.74. The van der Waals surface area contributed by atoms with Crippen LogP contribution < -0.4 is 0 Å². The molecule has 4 rings (SSSR count). The summed E-state index contributed by atoms with van der Waals surface area (Å²) in [5.74, 6) is -2.06. The fourth-order valence-corrected chi connectivity index (χ4v) is 5.61. The van der Waals surface area contributed by atoms with Gasteiger partial charge in [-0.15, -0.1) is 0 Å². The van der Waals surface area contributed by atoms with Gasteiger partial charge < -0.3 is 24.5 Å². The Morgan fingerprint density at radius 1 is 1.10 bits per heavy atom. The first kappa shape index (κ1) is 21.1. The zero-order valence-electron chi connectivity index (χ0n) is 18.1. The summed E-state index contributed by atoms with van der Waals surface area (Å²) in [5, 5.41) is 9.37. The Kier molecular flexibility index (Phi) is 5.05. The van der Waals surface area contributed by atoms with E-state index in [1.807, 2.05) is 45.1 Å². The summed E-state index contributed by atoms with van der Waals surface area (Å²) in [6.45, 7) is 6.77. The van der Waals surface area contributed by atoms with Crippen LogP contribution in [0.2, 0.25) is 0 Å². The molecule has 1 unspecified atom stereocenters. The predicted molar refractivity (Wildman–Crippen MR) is 109 cm³/mol. The van der Waals surface area contributed by atoms with Crippen LogP contribution in [0.25, 0.3) is 0 Å². The van der Waals surface area contributed by atoms with Gasteiger partial charge in [0, 0.05) is 39.3 Å². The van der Waals surface area contributed by atoms with Crippen molar-refractivity contribution in [2.45, 2.75) is 50.5 Å². The topological polar surface area (TPSA) is 90.4 Å². The lowest BCUT2D eigenvalue weighted by molar-refractivity contribution is -0.153. The molecule has 1 N–H and O–H groups in total. The van der Waals surface area contributed by atoms with Gasteiger partial charge in [-0.25, -0.2) is 0 Å². The number of amides is 3. The monoisotopic (exact) mass is 417 g/mol. The van der Waals surface area contributed by atoms with Crippen LogP contribution in [0.15, 0.2) is 24.3 Å². The van der Waals surface area contributed by atoms with E-state index in [4.69, 9.17) is 4.74 Å². The average molecular weight is 418 g/mol. The number of nitrogens with zero attached hydrogens (tertiary/aromatic N) is 3. The largest absolute Gasteiger partial charge is 0.396 e. The molecule has 0 aromatic carbocycles. The Labute approximate surface area is 177 Å². The molecule has 0 aliphatic carbocycles. The smallest absolute Gasteiger partial charge is 0.249 e. The van der Waals surface area contributed by atoms with Crippen LogP contribution in [0.3, 0.4) is 0 Å². The Morgan fingerprint density at radius 3 is 2.47 bits per heavy atom. The number of aliphatic hydroxyl groups is 1. The molecule has 30 heavy (non-hydrogen) atoms. The number of aliphatic hydroxyl groups excluding tert-OH is 1. The van der Waals surface area contributed by atoms with Gasteiger partial charge in [-0.05, 0) is 27.2 Å². The maximum atomic E-state index is 13.7. The minimum atomic E-state index is -1.20. The Bertz CT molecular complexity index is 824. The molecule has 5 atom stereocenters. The molecule has 1 spiro atoms. The van der Waals surface area contributed by atoms with Crippen molar-refractivity contribution in [2.24, 2.45) is 11.8 Å². The van der Waals surface area contributed by atoms with Gasteiger partial charge in [0.1, 0.15) is 11.6 Å². The molecule has 4 aliphatic heterocycles. The maximum Gasteiger partial charge on any atom is 0.249 e. The lowest BCUT2D eigenvalue weighted by atomic mass is 9.74. The van der Waals surface area contributed by atoms with Crippen LogP contribution in [0, 0.1) is 11.8 Å². The second-order valence-corrected chi connectivity index (χ2v) is 9.21. The number of fused-ring (bicyclic) bond motifs is 2. The fraction of sp³-hybridized carbons (Fsp3) is 0.682. The highest BCUT2D eigenvalue weighted by molar-refractivity contribution is 6.00. The Balaban J connectivity index is 1.87. The van der Waals surface area contributed by atoms with E-state index in [0.717, 1.165) is 0 Å². The van der Waals surface area contributed by atoms with Crippen molar-refractivity contribution in [1.82, 2.24) is 14.7 Å². The van der Waals surface area contributed by atoms with Crippen LogP contribution in [-0.2, 0) is 19.1 Å². The lowest BCUT2D eigenvalue weighted by Gasteiger charge is -2.38. The van der Waals surface area contributed by atoms with Crippen LogP contribution in [0.1, 0.15) is 27.2 Å². The number of likely N-dealkylation sites (N-methyl/N-ethyl adjacent to an activating group) is 1. The van der Waals surface area contributed by atoms with Crippen LogP contribution in [0.4, 0.5) is 0 Å². The zero-order chi connectivity index (χ0) is 21.8. The molecule has 0 bridgehead atoms. The van der Waals surface area contributed by atoms with E-state index in [2.05, 4.69) is 0 Å². The molecule has 4 aliphatic rings. The Morgan fingerprint density at radius 2 is 1.80 bits per heavy atom. The summed E-state index contributed by atoms with van der Waals surface area (Å²) in [6.07, 6.45) is 7.86. The third-order valence-corrected chi connectivity index (χ3v) is 6.97. The molecule has 164 valence electrons. The number of ether oxygens (including phenoxy) is 1. The molecular weight excluding hydrogens is 386 g/mol. The van der Waals surface area contributed by atoms with Gasteiger partial charge in [0.25, 0.3) is 0 Å². The summed E-state index contributed by atoms with van der Waals surface area (Å²) >= 11 is 0. The van der Waals surface area contributed by atoms with Crippen LogP contribution in [-0.4, -0.2) is 94.1 Å². The standard InChI is InChI=1S/C22H31N3O5/c1-14(2)24-11-6-9-22-16(19(28)25(12-7-13-26)17(22)20(24)29)15-18(27)23(4)10-5-8-21(15,3)30-22/h5-6,8-9,14-17,26H,7,10-13H2,1-4H3/t15-,16-,17?,21+,22-/m0/s1. The van der Waals surface area contributed by atoms with Gasteiger partial charge in [0.2, 0.25) is 17.7 Å². The minimum absolute atomic E-state index is 0.0405. The van der Waals surface area contributed by atoms with E-state index in [0.29, 0.717) is 19.5 Å². The van der Waals surface area contributed by atoms with Gasteiger partial charge in [-0.1, -0.05) is 24.3 Å². The van der Waals surface area contributed by atoms with Crippen molar-refractivity contribution >= 4 is 17.7 Å². The van der Waals surface area contributed by atoms with E-state index >= 15 is 0 Å². The number of hydrogen-bond acceptors (Lipinski definition) is 5. The molecule has 8 nitrogen and oxygen atoms in total. The molecule has 0 aromatic rings. The van der Waals surface area contributed by atoms with Crippen LogP contribution >= 0.6 is 0 Å². The van der Waals surface area contributed by atoms with E-state index in [-0.39, 0.29) is 36.9 Å². The van der Waals surface area contributed by atoms with Crippen molar-refractivity contribution in [3.8, 4) is 0 Å². The minimum Gasteiger partial charge on any atom is -0.396 e. The second kappa shape index (κ2) is 7.20. The van der Waals surface area contributed by atoms with Gasteiger partial charge in [0.05, 0.1) is 17.4 Å². The summed E-state index contributed by atoms with van der Waals surface area (Å²) < 4.78 is 6.63. The normalized spacial score (nSPS) is 38.1. The van der Waals surface area contributed by atoms with Crippen molar-refractivity contribution in [2.75, 3.05) is 33.3 Å². The van der Waals surface area contributed by atoms with E-state index in [1.165, 1.54) is 4.90 Å². The number of carbonyl (C=O) groups excluding carboxylic acids is 3. The van der Waals surface area contributed by atoms with Crippen molar-refractivity contribution in [1.29, 1.82) is 0 Å². The molecule has 0 saturated carbocycles. The van der Waals surface area contributed by atoms with E-state index < -0.39 is 29.1 Å². The summed E-state index contributed by atoms with van der Waals surface area (Å²) in [7, 11) is 1.72. The number of rotatable bonds is 4. The molecule has 3 amide bonds. The second-order valence-electron chi connectivity index (χ2n) is 9.21. The van der Waals surface area contributed by atoms with E-state index in [9.17, 15) is 19.5 Å². The molecular formula is C22H31N3O5. The molecule has 2 saturated heterocycles. The predicted octanol–water partition coefficient (Wildman–Crippen LogP) is 0.175. The van der Waals surface area contributed by atoms with Crippen molar-refractivity contribution < 1.29 is 24.2 Å². The molecule has 0 radical (unpaired) electrons. The Hall–Kier alpha value is -2.19. The van der Waals surface area contributed by atoms with Crippen LogP contribution in [0.5, 0.6) is 0 Å². The molecule has 2 fully saturated rings. The first-order valence-corrected chi connectivity index (χ1v) is 10.7. The molecule has 8 heteroatoms. The highest BCUT2D eigenvalue weighted by atomic mass is 16.5. The first-order valence-electron chi connectivity index (χ1n) is 10.7. The number of likely N-dealkylation sites (tertiary alicyclic amines) is 1. The van der Waals surface area contributed by atoms with Crippen molar-refractivity contribution in [3.05, 3.63) is 24.3 Å². The summed E-state index contributed by atoms with van der Waals surface area (Å²) in [4.78, 5) is 45.6. The average Bonchev–Trinajstić information content (AvgIpc) is 2.95. The highest BCUT2D eigenvalue weighted by Crippen LogP contribution is 2.57.